The number of Topliss-reactive ketones (excluding diaryl/α,β-unsaturated/α-hetero) is 2. The van der Waals surface area contributed by atoms with Crippen LogP contribution in [-0.4, -0.2) is 125 Å². The number of esters is 2. The number of para-hydroxylation sites is 2. The molecule has 0 aromatic heterocycles. The zero-order valence-corrected chi connectivity index (χ0v) is 37.7. The lowest BCUT2D eigenvalue weighted by atomic mass is 9.78. The number of hydrogen-bond acceptors (Lipinski definition) is 13. The highest BCUT2D eigenvalue weighted by atomic mass is 35.5. The molecule has 2 aromatic carbocycles. The summed E-state index contributed by atoms with van der Waals surface area (Å²) < 4.78 is 25.1. The van der Waals surface area contributed by atoms with E-state index in [1.54, 1.807) is 76.0 Å². The topological polar surface area (TPSA) is 164 Å². The van der Waals surface area contributed by atoms with Crippen molar-refractivity contribution < 1.29 is 48.3 Å². The van der Waals surface area contributed by atoms with E-state index < -0.39 is 77.2 Å². The average molecular weight is 865 g/mol. The molecule has 328 valence electrons. The molecule has 1 unspecified atom stereocenters. The Hall–Kier alpha value is -3.14. The summed E-state index contributed by atoms with van der Waals surface area (Å²) in [5.74, 6) is -5.33. The second-order valence-electron chi connectivity index (χ2n) is 17.2. The number of carbonyl (C=O) groups is 4. The maximum Gasteiger partial charge on any atom is 0.316 e. The van der Waals surface area contributed by atoms with E-state index in [4.69, 9.17) is 42.1 Å². The van der Waals surface area contributed by atoms with Crippen molar-refractivity contribution in [1.82, 2.24) is 9.80 Å². The highest BCUT2D eigenvalue weighted by molar-refractivity contribution is 6.39. The first kappa shape index (κ1) is 48.5. The first-order chi connectivity index (χ1) is 27.5. The highest BCUT2D eigenvalue weighted by Crippen LogP contribution is 2.37. The van der Waals surface area contributed by atoms with Gasteiger partial charge < -0.3 is 39.4 Å². The third-order valence-corrected chi connectivity index (χ3v) is 12.5. The molecule has 2 aromatic rings. The minimum absolute atomic E-state index is 0.108. The lowest BCUT2D eigenvalue weighted by molar-refractivity contribution is -0.296. The molecule has 0 bridgehead atoms. The Labute approximate surface area is 359 Å². The van der Waals surface area contributed by atoms with Gasteiger partial charge in [0.25, 0.3) is 0 Å². The van der Waals surface area contributed by atoms with Crippen LogP contribution in [0, 0.1) is 17.8 Å². The van der Waals surface area contributed by atoms with E-state index in [1.165, 1.54) is 13.8 Å². The van der Waals surface area contributed by atoms with E-state index in [-0.39, 0.29) is 37.3 Å². The third-order valence-electron chi connectivity index (χ3n) is 11.8. The largest absolute Gasteiger partial charge is 0.458 e. The number of cyclic esters (lactones) is 1. The fourth-order valence-electron chi connectivity index (χ4n) is 8.43. The maximum atomic E-state index is 14.3. The van der Waals surface area contributed by atoms with Crippen LogP contribution in [0.2, 0.25) is 10.0 Å². The summed E-state index contributed by atoms with van der Waals surface area (Å²) >= 11 is 12.9. The number of halogens is 2. The van der Waals surface area contributed by atoms with Gasteiger partial charge in [-0.1, -0.05) is 68.2 Å². The molecule has 0 amide bonds. The van der Waals surface area contributed by atoms with Gasteiger partial charge >= 0.3 is 11.9 Å². The van der Waals surface area contributed by atoms with Gasteiger partial charge in [-0.05, 0) is 105 Å². The molecule has 2 saturated heterocycles. The molecular formula is C44H63Cl2N3O10. The Morgan fingerprint density at radius 1 is 1.00 bits per heavy atom. The Morgan fingerprint density at radius 2 is 1.63 bits per heavy atom. The van der Waals surface area contributed by atoms with Crippen LogP contribution in [-0.2, 0) is 44.5 Å². The SMILES string of the molecule is CC[C@H]1OC(=O)[C@H](C)C(=O)[C@H](C)[C@@H](O[C@@H]2O[C@H](C)CC(N(C)C)[C@H]2OC(=O)Cc2ccccc2Nc2c(Cl)cccc2Cl)[C@](C)(O)C[C@@H](C)CN(C)[C@H](C)C(=O)[C@]1(C)O. The van der Waals surface area contributed by atoms with E-state index in [9.17, 15) is 29.4 Å². The van der Waals surface area contributed by atoms with Crippen LogP contribution in [0.4, 0.5) is 11.4 Å². The molecule has 2 fully saturated rings. The van der Waals surface area contributed by atoms with Crippen molar-refractivity contribution in [3.63, 3.8) is 0 Å². The van der Waals surface area contributed by atoms with Crippen molar-refractivity contribution in [3.8, 4) is 0 Å². The van der Waals surface area contributed by atoms with Crippen LogP contribution < -0.4 is 5.32 Å². The number of likely N-dealkylation sites (N-methyl/N-ethyl adjacent to an activating group) is 2. The van der Waals surface area contributed by atoms with Crippen molar-refractivity contribution in [2.24, 2.45) is 17.8 Å². The quantitative estimate of drug-likeness (QED) is 0.192. The Kier molecular flexibility index (Phi) is 16.6. The summed E-state index contributed by atoms with van der Waals surface area (Å²) in [5.41, 5.74) is -2.03. The van der Waals surface area contributed by atoms with E-state index in [2.05, 4.69) is 5.32 Å². The molecule has 4 rings (SSSR count). The Balaban J connectivity index is 1.69. The van der Waals surface area contributed by atoms with Gasteiger partial charge in [0.15, 0.2) is 29.6 Å². The predicted octanol–water partition coefficient (Wildman–Crippen LogP) is 6.24. The highest BCUT2D eigenvalue weighted by Gasteiger charge is 2.51. The van der Waals surface area contributed by atoms with Crippen LogP contribution in [0.3, 0.4) is 0 Å². The van der Waals surface area contributed by atoms with Gasteiger partial charge in [-0.3, -0.25) is 24.1 Å². The lowest BCUT2D eigenvalue weighted by Crippen LogP contribution is -2.60. The summed E-state index contributed by atoms with van der Waals surface area (Å²) in [6.45, 7) is 13.3. The van der Waals surface area contributed by atoms with Gasteiger partial charge in [0.2, 0.25) is 0 Å². The minimum atomic E-state index is -2.03. The predicted molar refractivity (Wildman–Crippen MR) is 227 cm³/mol. The standard InChI is InChI=1S/C44H63Cl2N3O10/c1-12-34-44(8,55)39(52)28(6)49(11)23-24(2)22-43(7,54)40(26(4)37(51)27(5)41(53)57-34)59-42-38(33(48(9)10)20-25(3)56-42)58-35(50)21-29-16-13-14-19-32(29)47-36-30(45)17-15-18-31(36)46/h13-19,24-28,33-34,38,40,42,47,54-55H,12,20-23H2,1-11H3/t24-,25-,26+,27-,28-,33?,34-,38-,40-,42+,43-,44-/m1/s1. The van der Waals surface area contributed by atoms with Crippen molar-refractivity contribution in [3.05, 3.63) is 58.1 Å². The number of aliphatic hydroxyl groups is 2. The molecule has 0 saturated carbocycles. The molecule has 3 N–H and O–H groups in total. The molecule has 2 aliphatic heterocycles. The fourth-order valence-corrected chi connectivity index (χ4v) is 8.92. The van der Waals surface area contributed by atoms with Crippen molar-refractivity contribution in [1.29, 1.82) is 0 Å². The number of nitrogens with one attached hydrogen (secondary N) is 1. The zero-order chi connectivity index (χ0) is 44.1. The van der Waals surface area contributed by atoms with Crippen LogP contribution in [0.1, 0.15) is 80.2 Å². The monoisotopic (exact) mass is 863 g/mol. The van der Waals surface area contributed by atoms with Gasteiger partial charge in [0.1, 0.15) is 12.0 Å². The van der Waals surface area contributed by atoms with E-state index in [0.29, 0.717) is 39.9 Å². The number of carbonyl (C=O) groups excluding carboxylic acids is 4. The summed E-state index contributed by atoms with van der Waals surface area (Å²) in [4.78, 5) is 59.1. The Bertz CT molecular complexity index is 1790. The summed E-state index contributed by atoms with van der Waals surface area (Å²) in [6.07, 6.45) is -4.53. The maximum absolute atomic E-state index is 14.3. The number of nitrogens with zero attached hydrogens (tertiary/aromatic N) is 2. The molecule has 12 atom stereocenters. The van der Waals surface area contributed by atoms with Crippen LogP contribution in [0.25, 0.3) is 0 Å². The first-order valence-corrected chi connectivity index (χ1v) is 21.1. The summed E-state index contributed by atoms with van der Waals surface area (Å²) in [5, 5.41) is 27.9. The van der Waals surface area contributed by atoms with Gasteiger partial charge in [0.05, 0.1) is 52.0 Å². The second-order valence-corrected chi connectivity index (χ2v) is 18.0. The number of rotatable bonds is 9. The summed E-state index contributed by atoms with van der Waals surface area (Å²) in [6, 6.07) is 11.2. The van der Waals surface area contributed by atoms with Gasteiger partial charge in [-0.2, -0.15) is 0 Å². The van der Waals surface area contributed by atoms with Crippen LogP contribution >= 0.6 is 23.2 Å². The minimum Gasteiger partial charge on any atom is -0.458 e. The molecule has 13 nitrogen and oxygen atoms in total. The van der Waals surface area contributed by atoms with Crippen molar-refractivity contribution >= 4 is 58.1 Å². The van der Waals surface area contributed by atoms with E-state index in [0.717, 1.165) is 0 Å². The lowest BCUT2D eigenvalue weighted by Gasteiger charge is -2.46. The number of benzene rings is 2. The van der Waals surface area contributed by atoms with Crippen LogP contribution in [0.5, 0.6) is 0 Å². The van der Waals surface area contributed by atoms with Crippen molar-refractivity contribution in [2.75, 3.05) is 33.0 Å². The molecule has 59 heavy (non-hydrogen) atoms. The molecule has 2 aliphatic rings. The molecule has 0 spiro atoms. The van der Waals surface area contributed by atoms with Gasteiger partial charge in [-0.25, -0.2) is 0 Å². The zero-order valence-electron chi connectivity index (χ0n) is 36.2. The molecular weight excluding hydrogens is 801 g/mol. The first-order valence-electron chi connectivity index (χ1n) is 20.4. The molecule has 2 heterocycles. The second kappa shape index (κ2) is 20.2. The number of anilines is 2. The number of hydrogen-bond donors (Lipinski definition) is 3. The number of ketones is 2. The normalized spacial score (nSPS) is 34.5. The van der Waals surface area contributed by atoms with Gasteiger partial charge in [0, 0.05) is 18.2 Å². The van der Waals surface area contributed by atoms with E-state index in [1.807, 2.05) is 38.9 Å². The Morgan fingerprint density at radius 3 is 2.24 bits per heavy atom. The molecule has 15 heteroatoms. The van der Waals surface area contributed by atoms with Crippen LogP contribution in [0.15, 0.2) is 42.5 Å². The van der Waals surface area contributed by atoms with Crippen molar-refractivity contribution in [2.45, 2.75) is 135 Å². The fraction of sp³-hybridized carbons (Fsp3) is 0.636. The smallest absolute Gasteiger partial charge is 0.316 e. The molecule has 0 radical (unpaired) electrons. The number of ether oxygens (including phenoxy) is 4. The van der Waals surface area contributed by atoms with Gasteiger partial charge in [-0.15, -0.1) is 0 Å². The molecule has 0 aliphatic carbocycles. The van der Waals surface area contributed by atoms with E-state index >= 15 is 0 Å². The third kappa shape index (κ3) is 11.6. The summed E-state index contributed by atoms with van der Waals surface area (Å²) in [7, 11) is 5.46. The average Bonchev–Trinajstić information content (AvgIpc) is 3.16.